The number of hydrogen-bond acceptors (Lipinski definition) is 4. The van der Waals surface area contributed by atoms with E-state index in [-0.39, 0.29) is 0 Å². The zero-order valence-corrected chi connectivity index (χ0v) is 11.6. The second-order valence-corrected chi connectivity index (χ2v) is 4.72. The van der Waals surface area contributed by atoms with E-state index in [9.17, 15) is 0 Å². The molecular weight excluding hydrogens is 236 g/mol. The smallest absolute Gasteiger partial charge is 0.151 e. The maximum Gasteiger partial charge on any atom is 0.151 e. The summed E-state index contributed by atoms with van der Waals surface area (Å²) < 4.78 is 0. The van der Waals surface area contributed by atoms with Crippen LogP contribution in [0.1, 0.15) is 32.3 Å². The lowest BCUT2D eigenvalue weighted by Gasteiger charge is -2.09. The van der Waals surface area contributed by atoms with Crippen molar-refractivity contribution in [3.05, 3.63) is 42.2 Å². The highest BCUT2D eigenvalue weighted by Gasteiger charge is 2.01. The minimum atomic E-state index is 0.547. The predicted octanol–water partition coefficient (Wildman–Crippen LogP) is 3.78. The molecule has 1 aromatic heterocycles. The number of anilines is 3. The van der Waals surface area contributed by atoms with Crippen LogP contribution < -0.4 is 10.6 Å². The molecule has 0 aliphatic heterocycles. The molecule has 0 radical (unpaired) electrons. The van der Waals surface area contributed by atoms with Crippen LogP contribution >= 0.6 is 0 Å². The first-order valence-corrected chi connectivity index (χ1v) is 6.62. The van der Waals surface area contributed by atoms with Crippen molar-refractivity contribution in [1.82, 2.24) is 9.97 Å². The summed E-state index contributed by atoms with van der Waals surface area (Å²) in [5.41, 5.74) is 2.35. The Kier molecular flexibility index (Phi) is 4.34. The van der Waals surface area contributed by atoms with Gasteiger partial charge in [0.1, 0.15) is 5.82 Å². The van der Waals surface area contributed by atoms with Crippen molar-refractivity contribution in [2.75, 3.05) is 17.2 Å². The van der Waals surface area contributed by atoms with E-state index in [2.05, 4.69) is 58.7 Å². The summed E-state index contributed by atoms with van der Waals surface area (Å²) in [5, 5.41) is 6.40. The van der Waals surface area contributed by atoms with Crippen LogP contribution in [0.4, 0.5) is 17.3 Å². The maximum absolute atomic E-state index is 4.43. The van der Waals surface area contributed by atoms with Gasteiger partial charge in [0.2, 0.25) is 0 Å². The Hall–Kier alpha value is -2.10. The lowest BCUT2D eigenvalue weighted by atomic mass is 10.0. The molecule has 0 aliphatic rings. The molecule has 0 unspecified atom stereocenters. The molecule has 19 heavy (non-hydrogen) atoms. The second kappa shape index (κ2) is 6.18. The van der Waals surface area contributed by atoms with Crippen LogP contribution in [-0.4, -0.2) is 16.5 Å². The molecule has 4 nitrogen and oxygen atoms in total. The van der Waals surface area contributed by atoms with E-state index in [4.69, 9.17) is 0 Å². The van der Waals surface area contributed by atoms with Crippen LogP contribution in [0.25, 0.3) is 0 Å². The minimum absolute atomic E-state index is 0.547. The van der Waals surface area contributed by atoms with Crippen molar-refractivity contribution in [2.24, 2.45) is 0 Å². The summed E-state index contributed by atoms with van der Waals surface area (Å²) in [6.45, 7) is 7.25. The number of benzene rings is 1. The van der Waals surface area contributed by atoms with Crippen LogP contribution in [0.2, 0.25) is 0 Å². The summed E-state index contributed by atoms with van der Waals surface area (Å²) in [4.78, 5) is 8.59. The van der Waals surface area contributed by atoms with Gasteiger partial charge in [0, 0.05) is 12.2 Å². The third kappa shape index (κ3) is 3.68. The largest absolute Gasteiger partial charge is 0.369 e. The zero-order chi connectivity index (χ0) is 13.7. The van der Waals surface area contributed by atoms with E-state index in [0.29, 0.717) is 5.92 Å². The fourth-order valence-corrected chi connectivity index (χ4v) is 1.79. The van der Waals surface area contributed by atoms with Gasteiger partial charge in [-0.2, -0.15) is 0 Å². The Bertz CT molecular complexity index is 520. The fraction of sp³-hybridized carbons (Fsp3) is 0.333. The number of nitrogens with zero attached hydrogens (tertiary/aromatic N) is 2. The molecule has 0 aliphatic carbocycles. The first-order chi connectivity index (χ1) is 9.19. The minimum Gasteiger partial charge on any atom is -0.369 e. The van der Waals surface area contributed by atoms with Gasteiger partial charge in [-0.25, -0.2) is 4.98 Å². The van der Waals surface area contributed by atoms with E-state index < -0.39 is 0 Å². The Morgan fingerprint density at radius 3 is 2.37 bits per heavy atom. The molecule has 2 rings (SSSR count). The molecule has 0 bridgehead atoms. The molecule has 1 heterocycles. The quantitative estimate of drug-likeness (QED) is 0.855. The van der Waals surface area contributed by atoms with Crippen LogP contribution in [0.5, 0.6) is 0 Å². The highest BCUT2D eigenvalue weighted by Crippen LogP contribution is 2.19. The van der Waals surface area contributed by atoms with Crippen molar-refractivity contribution in [3.8, 4) is 0 Å². The Labute approximate surface area is 114 Å². The summed E-state index contributed by atoms with van der Waals surface area (Å²) in [5.74, 6) is 2.08. The van der Waals surface area contributed by atoms with Crippen molar-refractivity contribution in [3.63, 3.8) is 0 Å². The Balaban J connectivity index is 2.10. The van der Waals surface area contributed by atoms with E-state index >= 15 is 0 Å². The predicted molar refractivity (Wildman–Crippen MR) is 80.0 cm³/mol. The molecule has 2 aromatic rings. The molecule has 2 N–H and O–H groups in total. The summed E-state index contributed by atoms with van der Waals surface area (Å²) in [6, 6.07) is 8.40. The van der Waals surface area contributed by atoms with E-state index in [1.807, 2.05) is 6.92 Å². The fourth-order valence-electron chi connectivity index (χ4n) is 1.79. The molecule has 0 saturated carbocycles. The van der Waals surface area contributed by atoms with E-state index in [1.165, 1.54) is 5.56 Å². The molecule has 0 spiro atoms. The number of aromatic nitrogens is 2. The molecule has 100 valence electrons. The van der Waals surface area contributed by atoms with Gasteiger partial charge in [-0.15, -0.1) is 0 Å². The normalized spacial score (nSPS) is 10.5. The lowest BCUT2D eigenvalue weighted by Crippen LogP contribution is -2.02. The summed E-state index contributed by atoms with van der Waals surface area (Å²) in [6.07, 6.45) is 3.44. The van der Waals surface area contributed by atoms with E-state index in [1.54, 1.807) is 12.4 Å². The highest BCUT2D eigenvalue weighted by molar-refractivity contribution is 5.57. The summed E-state index contributed by atoms with van der Waals surface area (Å²) in [7, 11) is 0. The topological polar surface area (TPSA) is 49.8 Å². The van der Waals surface area contributed by atoms with Gasteiger partial charge < -0.3 is 10.6 Å². The van der Waals surface area contributed by atoms with Gasteiger partial charge in [0.15, 0.2) is 5.82 Å². The highest BCUT2D eigenvalue weighted by atomic mass is 15.1. The number of nitrogens with one attached hydrogen (secondary N) is 2. The van der Waals surface area contributed by atoms with Crippen LogP contribution in [0.15, 0.2) is 36.7 Å². The van der Waals surface area contributed by atoms with Gasteiger partial charge >= 0.3 is 0 Å². The first-order valence-electron chi connectivity index (χ1n) is 6.62. The van der Waals surface area contributed by atoms with Gasteiger partial charge in [-0.3, -0.25) is 4.98 Å². The second-order valence-electron chi connectivity index (χ2n) is 4.72. The van der Waals surface area contributed by atoms with E-state index in [0.717, 1.165) is 23.9 Å². The number of rotatable bonds is 5. The Morgan fingerprint density at radius 2 is 1.74 bits per heavy atom. The average molecular weight is 256 g/mol. The van der Waals surface area contributed by atoms with Gasteiger partial charge in [0.05, 0.1) is 12.4 Å². The van der Waals surface area contributed by atoms with Crippen molar-refractivity contribution < 1.29 is 0 Å². The Morgan fingerprint density at radius 1 is 1.05 bits per heavy atom. The maximum atomic E-state index is 4.43. The molecule has 0 fully saturated rings. The van der Waals surface area contributed by atoms with Gasteiger partial charge in [-0.1, -0.05) is 26.0 Å². The third-order valence-electron chi connectivity index (χ3n) is 2.84. The van der Waals surface area contributed by atoms with Crippen LogP contribution in [-0.2, 0) is 0 Å². The average Bonchev–Trinajstić information content (AvgIpc) is 2.40. The molecular formula is C15H20N4. The van der Waals surface area contributed by atoms with Gasteiger partial charge in [-0.05, 0) is 30.5 Å². The zero-order valence-electron chi connectivity index (χ0n) is 11.6. The molecule has 1 aromatic carbocycles. The standard InChI is InChI=1S/C15H20N4/c1-4-17-14-9-16-10-15(19-14)18-13-7-5-12(6-8-13)11(2)3/h5-11H,4H2,1-3H3,(H2,17,18,19). The molecule has 0 amide bonds. The van der Waals surface area contributed by atoms with Crippen LogP contribution in [0.3, 0.4) is 0 Å². The van der Waals surface area contributed by atoms with Crippen molar-refractivity contribution in [2.45, 2.75) is 26.7 Å². The van der Waals surface area contributed by atoms with Crippen LogP contribution in [0, 0.1) is 0 Å². The van der Waals surface area contributed by atoms with Crippen molar-refractivity contribution >= 4 is 17.3 Å². The molecule has 4 heteroatoms. The first kappa shape index (κ1) is 13.3. The monoisotopic (exact) mass is 256 g/mol. The third-order valence-corrected chi connectivity index (χ3v) is 2.84. The van der Waals surface area contributed by atoms with Gasteiger partial charge in [0.25, 0.3) is 0 Å². The SMILES string of the molecule is CCNc1cncc(Nc2ccc(C(C)C)cc2)n1. The molecule has 0 saturated heterocycles. The summed E-state index contributed by atoms with van der Waals surface area (Å²) >= 11 is 0. The molecule has 0 atom stereocenters. The van der Waals surface area contributed by atoms with Crippen molar-refractivity contribution in [1.29, 1.82) is 0 Å². The lowest BCUT2D eigenvalue weighted by molar-refractivity contribution is 0.867. The number of hydrogen-bond donors (Lipinski definition) is 2.